The average molecular weight is 1170 g/mol. The van der Waals surface area contributed by atoms with E-state index in [1.807, 2.05) is 41.5 Å². The Kier molecular flexibility index (Phi) is 15.3. The van der Waals surface area contributed by atoms with E-state index in [1.54, 1.807) is 31.5 Å². The van der Waals surface area contributed by atoms with Gasteiger partial charge in [-0.1, -0.05) is 18.6 Å². The molecular formula is C66H79FN12O7. The molecule has 2 aromatic heterocycles. The summed E-state index contributed by atoms with van der Waals surface area (Å²) in [4.78, 5) is 117. The van der Waals surface area contributed by atoms with Crippen LogP contribution in [-0.2, 0) is 24.6 Å². The van der Waals surface area contributed by atoms with E-state index in [0.717, 1.165) is 105 Å². The predicted octanol–water partition coefficient (Wildman–Crippen LogP) is 8.26. The summed E-state index contributed by atoms with van der Waals surface area (Å²) in [5.41, 5.74) is 6.32. The van der Waals surface area contributed by atoms with E-state index in [2.05, 4.69) is 61.5 Å². The number of aromatic nitrogens is 3. The molecule has 7 amide bonds. The number of amides is 7. The van der Waals surface area contributed by atoms with Gasteiger partial charge in [0.15, 0.2) is 5.82 Å². The average Bonchev–Trinajstić information content (AvgIpc) is 1.63. The highest BCUT2D eigenvalue weighted by molar-refractivity contribution is 6.24. The molecule has 0 radical (unpaired) electrons. The Morgan fingerprint density at radius 1 is 0.791 bits per heavy atom. The van der Waals surface area contributed by atoms with E-state index in [4.69, 9.17) is 9.97 Å². The van der Waals surface area contributed by atoms with Crippen molar-refractivity contribution < 1.29 is 38.0 Å². The van der Waals surface area contributed by atoms with Gasteiger partial charge in [0.1, 0.15) is 17.4 Å². The molecule has 1 aliphatic carbocycles. The molecule has 3 unspecified atom stereocenters. The third-order valence-corrected chi connectivity index (χ3v) is 20.0. The van der Waals surface area contributed by atoms with Gasteiger partial charge in [0.2, 0.25) is 23.6 Å². The number of carbonyl (C=O) groups is 7. The fourth-order valence-corrected chi connectivity index (χ4v) is 15.3. The van der Waals surface area contributed by atoms with Crippen molar-refractivity contribution >= 4 is 75.3 Å². The molecule has 1 spiro atoms. The predicted molar refractivity (Wildman–Crippen MR) is 325 cm³/mol. The summed E-state index contributed by atoms with van der Waals surface area (Å²) in [6, 6.07) is 15.8. The summed E-state index contributed by atoms with van der Waals surface area (Å²) in [6.45, 7) is 17.1. The van der Waals surface area contributed by atoms with Crippen LogP contribution in [0.1, 0.15) is 159 Å². The SMILES string of the molecule is Cc1cc(F)c(Nc2nc(-c3ccc4c(c3)N(C3CC(N5CCCCC5)C3)C(=O)C43CCN(C(=O)CC4CCCN(CC5CCN(c6ccc7c(c6)C(=O)N(C6CCC(=O)NC6=O)C7=O)C5)C4)CC3)cc3ncn(C(C)C)c23)cc1C(=O)NC(C)C. The monoisotopic (exact) mass is 1170 g/mol. The topological polar surface area (TPSA) is 206 Å². The summed E-state index contributed by atoms with van der Waals surface area (Å²) >= 11 is 0. The van der Waals surface area contributed by atoms with E-state index >= 15 is 9.18 Å². The van der Waals surface area contributed by atoms with Crippen LogP contribution in [0.3, 0.4) is 0 Å². The Morgan fingerprint density at radius 2 is 1.57 bits per heavy atom. The van der Waals surface area contributed by atoms with Crippen LogP contribution in [0.15, 0.2) is 60.9 Å². The van der Waals surface area contributed by atoms with Crippen molar-refractivity contribution in [2.24, 2.45) is 11.8 Å². The number of aryl methyl sites for hydroxylation is 1. The second kappa shape index (κ2) is 22.9. The molecule has 3 aromatic carbocycles. The first-order valence-electron chi connectivity index (χ1n) is 31.5. The zero-order valence-corrected chi connectivity index (χ0v) is 50.1. The molecule has 7 aliphatic heterocycles. The number of anilines is 4. The Labute approximate surface area is 501 Å². The zero-order valence-electron chi connectivity index (χ0n) is 50.1. The number of nitrogens with one attached hydrogen (secondary N) is 3. The lowest BCUT2D eigenvalue weighted by Crippen LogP contribution is -2.58. The fourth-order valence-electron chi connectivity index (χ4n) is 15.3. The largest absolute Gasteiger partial charge is 0.371 e. The van der Waals surface area contributed by atoms with Gasteiger partial charge in [0.25, 0.3) is 17.7 Å². The van der Waals surface area contributed by atoms with Gasteiger partial charge in [-0.2, -0.15) is 0 Å². The number of imidazole rings is 1. The van der Waals surface area contributed by atoms with E-state index in [1.165, 1.54) is 25.3 Å². The Hall–Kier alpha value is -7.58. The summed E-state index contributed by atoms with van der Waals surface area (Å²) in [6.07, 6.45) is 11.9. The van der Waals surface area contributed by atoms with Crippen LogP contribution in [0, 0.1) is 24.6 Å². The summed E-state index contributed by atoms with van der Waals surface area (Å²) in [5, 5.41) is 8.48. The third kappa shape index (κ3) is 10.5. The maximum atomic E-state index is 16.0. The molecule has 3 atom stereocenters. The molecule has 13 rings (SSSR count). The minimum atomic E-state index is -1.01. The lowest BCUT2D eigenvalue weighted by molar-refractivity contribution is -0.137. The first kappa shape index (κ1) is 57.5. The second-order valence-electron chi connectivity index (χ2n) is 26.4. The standard InChI is InChI=1S/C66H79FN12O7/c1-38(2)69-61(82)48-32-53(51(67)26-40(48)5)71-60-59-54(68-37-77(59)39(3)4)33-52(70-60)43-11-14-50-56(28-43)78(46-29-45(30-46)74-21-7-6-8-22-74)65(86)66(50)18-24-75(25-19-66)58(81)27-41-10-9-20-73(34-41)35-42-17-23-76(36-42)44-12-13-47-49(31-44)64(85)79(63(47)84)55-15-16-57(80)72-62(55)83/h11-14,26,28,31-33,37-39,41-42,45-46,55H,6-10,15-25,27,29-30,34-36H2,1-5H3,(H,69,82)(H,70,71)(H,72,80,83). The van der Waals surface area contributed by atoms with Crippen LogP contribution in [-0.4, -0.2) is 159 Å². The van der Waals surface area contributed by atoms with Gasteiger partial charge in [-0.25, -0.2) is 14.4 Å². The van der Waals surface area contributed by atoms with Crippen LogP contribution in [0.2, 0.25) is 0 Å². The molecule has 1 saturated carbocycles. The maximum Gasteiger partial charge on any atom is 0.262 e. The van der Waals surface area contributed by atoms with Gasteiger partial charge in [-0.3, -0.25) is 43.8 Å². The number of hydrogen-bond donors (Lipinski definition) is 3. The number of piperidine rings is 4. The molecular weight excluding hydrogens is 1090 g/mol. The minimum Gasteiger partial charge on any atom is -0.371 e. The zero-order chi connectivity index (χ0) is 59.9. The smallest absolute Gasteiger partial charge is 0.262 e. The van der Waals surface area contributed by atoms with Crippen molar-refractivity contribution in [3.05, 3.63) is 94.6 Å². The second-order valence-corrected chi connectivity index (χ2v) is 26.4. The lowest BCUT2D eigenvalue weighted by atomic mass is 9.73. The molecule has 3 N–H and O–H groups in total. The number of nitrogens with zero attached hydrogens (tertiary/aromatic N) is 9. The van der Waals surface area contributed by atoms with Gasteiger partial charge < -0.3 is 39.7 Å². The number of rotatable bonds is 14. The number of halogens is 1. The number of fused-ring (bicyclic) bond motifs is 4. The third-order valence-electron chi connectivity index (χ3n) is 20.0. The van der Waals surface area contributed by atoms with E-state index in [0.29, 0.717) is 78.0 Å². The quantitative estimate of drug-likeness (QED) is 0.0897. The van der Waals surface area contributed by atoms with Gasteiger partial charge in [0, 0.05) is 98.8 Å². The number of likely N-dealkylation sites (tertiary alicyclic amines) is 3. The van der Waals surface area contributed by atoms with Crippen LogP contribution in [0.5, 0.6) is 0 Å². The first-order valence-corrected chi connectivity index (χ1v) is 31.5. The Balaban J connectivity index is 0.692. The normalized spacial score (nSPS) is 24.3. The molecule has 19 nitrogen and oxygen atoms in total. The van der Waals surface area contributed by atoms with Crippen LogP contribution >= 0.6 is 0 Å². The fraction of sp³-hybridized carbons (Fsp3) is 0.530. The summed E-state index contributed by atoms with van der Waals surface area (Å²) in [5.74, 6) is -1.59. The van der Waals surface area contributed by atoms with Gasteiger partial charge in [0.05, 0.1) is 39.8 Å². The van der Waals surface area contributed by atoms with E-state index in [-0.39, 0.29) is 71.4 Å². The summed E-state index contributed by atoms with van der Waals surface area (Å²) < 4.78 is 18.0. The molecule has 5 aromatic rings. The maximum absolute atomic E-state index is 16.0. The lowest BCUT2D eigenvalue weighted by Gasteiger charge is -2.48. The van der Waals surface area contributed by atoms with Crippen LogP contribution < -0.4 is 25.8 Å². The van der Waals surface area contributed by atoms with Crippen molar-refractivity contribution in [1.82, 2.24) is 44.8 Å². The molecule has 20 heteroatoms. The molecule has 8 aliphatic rings. The molecule has 9 heterocycles. The van der Waals surface area contributed by atoms with E-state index < -0.39 is 40.9 Å². The Bertz CT molecular complexity index is 3580. The van der Waals surface area contributed by atoms with Gasteiger partial charge in [-0.15, -0.1) is 0 Å². The highest BCUT2D eigenvalue weighted by atomic mass is 19.1. The first-order chi connectivity index (χ1) is 41.4. The molecule has 86 heavy (non-hydrogen) atoms. The van der Waals surface area contributed by atoms with Crippen LogP contribution in [0.25, 0.3) is 22.3 Å². The number of imide groups is 2. The van der Waals surface area contributed by atoms with Crippen molar-refractivity contribution in [3.63, 3.8) is 0 Å². The van der Waals surface area contributed by atoms with Crippen molar-refractivity contribution in [2.45, 2.75) is 154 Å². The molecule has 5 saturated heterocycles. The Morgan fingerprint density at radius 3 is 2.33 bits per heavy atom. The van der Waals surface area contributed by atoms with Crippen LogP contribution in [0.4, 0.5) is 27.3 Å². The highest BCUT2D eigenvalue weighted by Gasteiger charge is 2.56. The molecule has 6 fully saturated rings. The van der Waals surface area contributed by atoms with Crippen molar-refractivity contribution in [3.8, 4) is 11.3 Å². The number of benzene rings is 3. The molecule has 452 valence electrons. The minimum absolute atomic E-state index is 0.0126. The summed E-state index contributed by atoms with van der Waals surface area (Å²) in [7, 11) is 0. The highest BCUT2D eigenvalue weighted by Crippen LogP contribution is 2.52. The van der Waals surface area contributed by atoms with Crippen molar-refractivity contribution in [1.29, 1.82) is 0 Å². The number of pyridine rings is 1. The van der Waals surface area contributed by atoms with Crippen molar-refractivity contribution in [2.75, 3.05) is 74.0 Å². The van der Waals surface area contributed by atoms with Gasteiger partial charge in [-0.05, 0) is 184 Å². The van der Waals surface area contributed by atoms with Gasteiger partial charge >= 0.3 is 0 Å². The number of hydrogen-bond acceptors (Lipinski definition) is 13. The number of carbonyl (C=O) groups excluding carboxylic acids is 7. The van der Waals surface area contributed by atoms with E-state index in [9.17, 15) is 28.8 Å². The molecule has 0 bridgehead atoms.